The highest BCUT2D eigenvalue weighted by Crippen LogP contribution is 2.18. The van der Waals surface area contributed by atoms with Gasteiger partial charge in [0.1, 0.15) is 5.75 Å². The largest absolute Gasteiger partial charge is 0.484 e. The predicted molar refractivity (Wildman–Crippen MR) is 76.1 cm³/mol. The average molecular weight is 267 g/mol. The average Bonchev–Trinajstić information content (AvgIpc) is 2.34. The number of anilines is 1. The van der Waals surface area contributed by atoms with E-state index in [1.807, 2.05) is 37.2 Å². The van der Waals surface area contributed by atoms with Gasteiger partial charge in [0.25, 0.3) is 5.91 Å². The molecule has 0 radical (unpaired) electrons. The first-order valence-electron chi connectivity index (χ1n) is 5.44. The van der Waals surface area contributed by atoms with Crippen LogP contribution >= 0.6 is 12.2 Å². The summed E-state index contributed by atoms with van der Waals surface area (Å²) in [6.07, 6.45) is 0. The number of nitrogens with two attached hydrogens (primary N) is 1. The molecule has 0 aliphatic rings. The Balaban J connectivity index is 2.45. The van der Waals surface area contributed by atoms with Crippen molar-refractivity contribution in [3.05, 3.63) is 24.3 Å². The van der Waals surface area contributed by atoms with Gasteiger partial charge >= 0.3 is 0 Å². The van der Waals surface area contributed by atoms with E-state index in [1.54, 1.807) is 6.07 Å². The van der Waals surface area contributed by atoms with Gasteiger partial charge in [-0.1, -0.05) is 18.3 Å². The summed E-state index contributed by atoms with van der Waals surface area (Å²) in [6, 6.07) is 7.49. The lowest BCUT2D eigenvalue weighted by Crippen LogP contribution is -2.35. The minimum absolute atomic E-state index is 0.0561. The SMILES string of the molecule is CN(C)c1cccc(OCC(=O)NCC(N)=S)c1. The molecule has 0 unspecified atom stereocenters. The van der Waals surface area contributed by atoms with Crippen molar-refractivity contribution in [2.75, 3.05) is 32.1 Å². The fourth-order valence-electron chi connectivity index (χ4n) is 1.24. The van der Waals surface area contributed by atoms with Gasteiger partial charge in [0.15, 0.2) is 6.61 Å². The van der Waals surface area contributed by atoms with Crippen molar-refractivity contribution < 1.29 is 9.53 Å². The molecule has 1 aromatic carbocycles. The van der Waals surface area contributed by atoms with Crippen LogP contribution in [0.5, 0.6) is 5.75 Å². The molecular formula is C12H17N3O2S. The molecule has 1 rings (SSSR count). The van der Waals surface area contributed by atoms with Crippen LogP contribution < -0.4 is 20.7 Å². The second-order valence-corrected chi connectivity index (χ2v) is 4.45. The van der Waals surface area contributed by atoms with Crippen LogP contribution in [-0.4, -0.2) is 38.1 Å². The van der Waals surface area contributed by atoms with Gasteiger partial charge in [-0.3, -0.25) is 4.79 Å². The number of carbonyl (C=O) groups is 1. The minimum atomic E-state index is -0.252. The zero-order chi connectivity index (χ0) is 13.5. The van der Waals surface area contributed by atoms with Crippen LogP contribution in [0.3, 0.4) is 0 Å². The van der Waals surface area contributed by atoms with Crippen LogP contribution in [0.1, 0.15) is 0 Å². The van der Waals surface area contributed by atoms with Crippen molar-refractivity contribution in [1.82, 2.24) is 5.32 Å². The third kappa shape index (κ3) is 5.01. The van der Waals surface area contributed by atoms with Gasteiger partial charge in [0, 0.05) is 25.8 Å². The van der Waals surface area contributed by atoms with E-state index in [0.717, 1.165) is 5.69 Å². The second-order valence-electron chi connectivity index (χ2n) is 3.92. The highest BCUT2D eigenvalue weighted by molar-refractivity contribution is 7.80. The number of ether oxygens (including phenoxy) is 1. The lowest BCUT2D eigenvalue weighted by Gasteiger charge is -2.14. The normalized spacial score (nSPS) is 9.67. The molecular weight excluding hydrogens is 250 g/mol. The number of amides is 1. The Labute approximate surface area is 112 Å². The molecule has 0 saturated heterocycles. The maximum atomic E-state index is 11.4. The first-order chi connectivity index (χ1) is 8.49. The zero-order valence-electron chi connectivity index (χ0n) is 10.5. The zero-order valence-corrected chi connectivity index (χ0v) is 11.3. The standard InChI is InChI=1S/C12H17N3O2S/c1-15(2)9-4-3-5-10(6-9)17-8-12(16)14-7-11(13)18/h3-6H,7-8H2,1-2H3,(H2,13,18)(H,14,16). The monoisotopic (exact) mass is 267 g/mol. The molecule has 0 spiro atoms. The van der Waals surface area contributed by atoms with E-state index in [-0.39, 0.29) is 24.0 Å². The summed E-state index contributed by atoms with van der Waals surface area (Å²) >= 11 is 4.65. The number of carbonyl (C=O) groups excluding carboxylic acids is 1. The number of nitrogens with zero attached hydrogens (tertiary/aromatic N) is 1. The van der Waals surface area contributed by atoms with Gasteiger partial charge in [-0.15, -0.1) is 0 Å². The van der Waals surface area contributed by atoms with Crippen LogP contribution in [0, 0.1) is 0 Å². The highest BCUT2D eigenvalue weighted by Gasteiger charge is 2.04. The van der Waals surface area contributed by atoms with Gasteiger partial charge in [0.05, 0.1) is 11.5 Å². The van der Waals surface area contributed by atoms with Gasteiger partial charge in [-0.25, -0.2) is 0 Å². The molecule has 5 nitrogen and oxygen atoms in total. The Morgan fingerprint density at radius 2 is 2.22 bits per heavy atom. The summed E-state index contributed by atoms with van der Waals surface area (Å²) in [7, 11) is 3.88. The molecule has 3 N–H and O–H groups in total. The van der Waals surface area contributed by atoms with Gasteiger partial charge in [-0.05, 0) is 12.1 Å². The molecule has 1 aromatic rings. The maximum absolute atomic E-state index is 11.4. The van der Waals surface area contributed by atoms with Crippen molar-refractivity contribution in [3.8, 4) is 5.75 Å². The Bertz CT molecular complexity index is 435. The molecule has 98 valence electrons. The summed E-state index contributed by atoms with van der Waals surface area (Å²) in [6.45, 7) is 0.134. The third-order valence-electron chi connectivity index (χ3n) is 2.16. The van der Waals surface area contributed by atoms with Crippen LogP contribution in [0.2, 0.25) is 0 Å². The summed E-state index contributed by atoms with van der Waals surface area (Å²) in [5.41, 5.74) is 6.28. The van der Waals surface area contributed by atoms with E-state index < -0.39 is 0 Å². The first kappa shape index (κ1) is 14.2. The number of rotatable bonds is 6. The number of nitrogens with one attached hydrogen (secondary N) is 1. The van der Waals surface area contributed by atoms with E-state index in [0.29, 0.717) is 5.75 Å². The summed E-state index contributed by atoms with van der Waals surface area (Å²) in [5, 5.41) is 2.55. The van der Waals surface area contributed by atoms with Gasteiger partial charge in [-0.2, -0.15) is 0 Å². The number of hydrogen-bond acceptors (Lipinski definition) is 4. The highest BCUT2D eigenvalue weighted by atomic mass is 32.1. The van der Waals surface area contributed by atoms with Crippen molar-refractivity contribution in [2.24, 2.45) is 5.73 Å². The third-order valence-corrected chi connectivity index (χ3v) is 2.31. The summed E-state index contributed by atoms with van der Waals surface area (Å²) in [5.74, 6) is 0.393. The van der Waals surface area contributed by atoms with E-state index in [4.69, 9.17) is 10.5 Å². The smallest absolute Gasteiger partial charge is 0.258 e. The van der Waals surface area contributed by atoms with Crippen molar-refractivity contribution in [3.63, 3.8) is 0 Å². The number of benzene rings is 1. The second kappa shape index (κ2) is 6.80. The summed E-state index contributed by atoms with van der Waals surface area (Å²) in [4.78, 5) is 13.6. The quantitative estimate of drug-likeness (QED) is 0.736. The van der Waals surface area contributed by atoms with Gasteiger partial charge < -0.3 is 20.7 Å². The van der Waals surface area contributed by atoms with Crippen molar-refractivity contribution in [1.29, 1.82) is 0 Å². The Kier molecular flexibility index (Phi) is 5.38. The molecule has 6 heteroatoms. The van der Waals surface area contributed by atoms with E-state index in [1.165, 1.54) is 0 Å². The molecule has 0 heterocycles. The molecule has 0 aliphatic heterocycles. The Morgan fingerprint density at radius 3 is 2.83 bits per heavy atom. The number of thiocarbonyl (C=S) groups is 1. The fourth-order valence-corrected chi connectivity index (χ4v) is 1.31. The van der Waals surface area contributed by atoms with E-state index >= 15 is 0 Å². The topological polar surface area (TPSA) is 67.6 Å². The Hall–Kier alpha value is -1.82. The molecule has 1 amide bonds. The van der Waals surface area contributed by atoms with Crippen LogP contribution in [0.15, 0.2) is 24.3 Å². The van der Waals surface area contributed by atoms with Crippen LogP contribution in [-0.2, 0) is 4.79 Å². The molecule has 18 heavy (non-hydrogen) atoms. The molecule has 0 fully saturated rings. The van der Waals surface area contributed by atoms with E-state index in [9.17, 15) is 4.79 Å². The Morgan fingerprint density at radius 1 is 1.50 bits per heavy atom. The van der Waals surface area contributed by atoms with Crippen LogP contribution in [0.25, 0.3) is 0 Å². The lowest BCUT2D eigenvalue weighted by molar-refractivity contribution is -0.122. The van der Waals surface area contributed by atoms with E-state index in [2.05, 4.69) is 17.5 Å². The maximum Gasteiger partial charge on any atom is 0.258 e. The molecule has 0 aromatic heterocycles. The molecule has 0 bridgehead atoms. The van der Waals surface area contributed by atoms with Gasteiger partial charge in [0.2, 0.25) is 0 Å². The molecule has 0 aliphatic carbocycles. The minimum Gasteiger partial charge on any atom is -0.484 e. The van der Waals surface area contributed by atoms with Crippen molar-refractivity contribution >= 4 is 28.8 Å². The fraction of sp³-hybridized carbons (Fsp3) is 0.333. The predicted octanol–water partition coefficient (Wildman–Crippen LogP) is 0.534. The molecule has 0 saturated carbocycles. The number of hydrogen-bond donors (Lipinski definition) is 2. The first-order valence-corrected chi connectivity index (χ1v) is 5.85. The van der Waals surface area contributed by atoms with Crippen molar-refractivity contribution in [2.45, 2.75) is 0 Å². The summed E-state index contributed by atoms with van der Waals surface area (Å²) < 4.78 is 5.37. The lowest BCUT2D eigenvalue weighted by atomic mass is 10.3. The van der Waals surface area contributed by atoms with Crippen LogP contribution in [0.4, 0.5) is 5.69 Å². The molecule has 0 atom stereocenters.